The summed E-state index contributed by atoms with van der Waals surface area (Å²) in [5.41, 5.74) is 0. The van der Waals surface area contributed by atoms with Gasteiger partial charge in [0.2, 0.25) is 0 Å². The molecule has 0 aromatic heterocycles. The van der Waals surface area contributed by atoms with Crippen LogP contribution >= 0.6 is 0 Å². The second-order valence-electron chi connectivity index (χ2n) is 20.6. The number of unbranched alkanes of at least 4 members (excludes halogenated alkanes) is 31. The van der Waals surface area contributed by atoms with E-state index in [0.717, 1.165) is 103 Å². The average Bonchev–Trinajstić information content (AvgIpc) is 3.39. The summed E-state index contributed by atoms with van der Waals surface area (Å²) >= 11 is 0. The van der Waals surface area contributed by atoms with Gasteiger partial charge in [0.1, 0.15) is 13.2 Å². The molecule has 0 aromatic carbocycles. The third-order valence-corrected chi connectivity index (χ3v) is 13.4. The number of ether oxygens (including phenoxy) is 3. The van der Waals surface area contributed by atoms with Crippen LogP contribution in [0, 0.1) is 0 Å². The molecule has 0 rings (SSSR count). The molecule has 420 valence electrons. The number of hydrogen-bond donors (Lipinski definition) is 0. The normalized spacial score (nSPS) is 12.6. The van der Waals surface area contributed by atoms with Crippen LogP contribution in [0.5, 0.6) is 0 Å². The van der Waals surface area contributed by atoms with Crippen molar-refractivity contribution in [2.24, 2.45) is 0 Å². The maximum Gasteiger partial charge on any atom is 0.306 e. The number of hydrogen-bond acceptors (Lipinski definition) is 6. The van der Waals surface area contributed by atoms with Crippen LogP contribution in [0.2, 0.25) is 0 Å². The van der Waals surface area contributed by atoms with Crippen LogP contribution in [0.3, 0.4) is 0 Å². The predicted molar refractivity (Wildman–Crippen MR) is 316 cm³/mol. The van der Waals surface area contributed by atoms with Crippen LogP contribution in [0.15, 0.2) is 85.1 Å². The van der Waals surface area contributed by atoms with Crippen LogP contribution in [0.1, 0.15) is 303 Å². The van der Waals surface area contributed by atoms with Crippen LogP contribution in [0.4, 0.5) is 0 Å². The lowest BCUT2D eigenvalue weighted by molar-refractivity contribution is -0.167. The van der Waals surface area contributed by atoms with Crippen LogP contribution < -0.4 is 0 Å². The highest BCUT2D eigenvalue weighted by molar-refractivity contribution is 5.71. The average molecular weight is 1020 g/mol. The standard InChI is InChI=1S/C67H116O6/c1-4-7-10-13-16-19-22-25-28-31-34-37-39-42-45-48-51-54-57-60-66(69)72-63-64(73-67(70)61-58-55-52-49-46-43-40-36-33-30-27-24-21-18-15-12-9-6-3)62-71-65(68)59-56-53-50-47-44-41-38-35-32-29-26-23-20-17-14-11-8-5-2/h7,10,16,19,21,24-25,28-30,32-34,37,64H,4-6,8-9,11-15,17-18,20,22-23,26-27,31,35-36,38-63H2,1-3H3/b10-7-,19-16-,24-21-,28-25-,32-29-,33-30-,37-34-. The van der Waals surface area contributed by atoms with E-state index in [1.807, 2.05) is 0 Å². The molecule has 0 spiro atoms. The molecule has 73 heavy (non-hydrogen) atoms. The number of carbonyl (C=O) groups excluding carboxylic acids is 3. The Morgan fingerprint density at radius 3 is 0.863 bits per heavy atom. The van der Waals surface area contributed by atoms with E-state index in [1.54, 1.807) is 0 Å². The number of carbonyl (C=O) groups is 3. The number of rotatable bonds is 56. The largest absolute Gasteiger partial charge is 0.462 e. The Balaban J connectivity index is 4.42. The van der Waals surface area contributed by atoms with Gasteiger partial charge in [0.15, 0.2) is 6.10 Å². The molecule has 0 saturated heterocycles. The lowest BCUT2D eigenvalue weighted by atomic mass is 10.1. The lowest BCUT2D eigenvalue weighted by Gasteiger charge is -2.18. The van der Waals surface area contributed by atoms with Crippen molar-refractivity contribution in [3.05, 3.63) is 85.1 Å². The molecule has 0 heterocycles. The van der Waals surface area contributed by atoms with E-state index in [2.05, 4.69) is 106 Å². The third-order valence-electron chi connectivity index (χ3n) is 13.4. The molecular weight excluding hydrogens is 901 g/mol. The van der Waals surface area contributed by atoms with E-state index in [4.69, 9.17) is 14.2 Å². The summed E-state index contributed by atoms with van der Waals surface area (Å²) in [5.74, 6) is -0.902. The fourth-order valence-electron chi connectivity index (χ4n) is 8.69. The van der Waals surface area contributed by atoms with Gasteiger partial charge < -0.3 is 14.2 Å². The molecule has 1 unspecified atom stereocenters. The first-order valence-electron chi connectivity index (χ1n) is 31.1. The van der Waals surface area contributed by atoms with E-state index in [0.29, 0.717) is 19.3 Å². The highest BCUT2D eigenvalue weighted by Crippen LogP contribution is 2.15. The molecular formula is C67H116O6. The monoisotopic (exact) mass is 1020 g/mol. The number of esters is 3. The Labute approximate surface area is 452 Å². The van der Waals surface area contributed by atoms with Crippen molar-refractivity contribution in [1.82, 2.24) is 0 Å². The molecule has 6 nitrogen and oxygen atoms in total. The zero-order chi connectivity index (χ0) is 52.9. The Morgan fingerprint density at radius 2 is 0.534 bits per heavy atom. The van der Waals surface area contributed by atoms with Crippen molar-refractivity contribution >= 4 is 17.9 Å². The topological polar surface area (TPSA) is 78.9 Å². The molecule has 0 radical (unpaired) electrons. The van der Waals surface area contributed by atoms with Crippen molar-refractivity contribution in [1.29, 1.82) is 0 Å². The van der Waals surface area contributed by atoms with Crippen LogP contribution in [-0.2, 0) is 28.6 Å². The lowest BCUT2D eigenvalue weighted by Crippen LogP contribution is -2.30. The maximum absolute atomic E-state index is 12.9. The van der Waals surface area contributed by atoms with Gasteiger partial charge in [-0.25, -0.2) is 0 Å². The van der Waals surface area contributed by atoms with Crippen molar-refractivity contribution in [3.8, 4) is 0 Å². The van der Waals surface area contributed by atoms with Crippen molar-refractivity contribution < 1.29 is 28.6 Å². The first-order valence-corrected chi connectivity index (χ1v) is 31.1. The first kappa shape index (κ1) is 69.6. The van der Waals surface area contributed by atoms with Crippen LogP contribution in [-0.4, -0.2) is 37.2 Å². The minimum atomic E-state index is -0.790. The highest BCUT2D eigenvalue weighted by atomic mass is 16.6. The molecule has 0 aliphatic carbocycles. The summed E-state index contributed by atoms with van der Waals surface area (Å²) in [5, 5.41) is 0. The molecule has 0 aliphatic rings. The van der Waals surface area contributed by atoms with Gasteiger partial charge in [-0.1, -0.05) is 254 Å². The fourth-order valence-corrected chi connectivity index (χ4v) is 8.69. The molecule has 0 aromatic rings. The van der Waals surface area contributed by atoms with Gasteiger partial charge in [-0.2, -0.15) is 0 Å². The van der Waals surface area contributed by atoms with Crippen molar-refractivity contribution in [3.63, 3.8) is 0 Å². The van der Waals surface area contributed by atoms with E-state index < -0.39 is 6.10 Å². The Morgan fingerprint density at radius 1 is 0.288 bits per heavy atom. The fraction of sp³-hybridized carbons (Fsp3) is 0.746. The zero-order valence-corrected chi connectivity index (χ0v) is 48.1. The van der Waals surface area contributed by atoms with E-state index in [1.165, 1.54) is 161 Å². The molecule has 0 fully saturated rings. The van der Waals surface area contributed by atoms with E-state index in [9.17, 15) is 14.4 Å². The summed E-state index contributed by atoms with van der Waals surface area (Å²) in [4.78, 5) is 38.3. The SMILES string of the molecule is CC/C=C\C/C=C\C/C=C\C/C=C\CCCCCCCCC(=O)OCC(COC(=O)CCCCCCCCC/C=C\CCCCCCCCC)OC(=O)CCCCCCCCC/C=C\C/C=C\CCCCCC. The summed E-state index contributed by atoms with van der Waals surface area (Å²) in [6.07, 6.45) is 80.0. The molecule has 0 amide bonds. The summed E-state index contributed by atoms with van der Waals surface area (Å²) in [6.45, 7) is 6.51. The zero-order valence-electron chi connectivity index (χ0n) is 48.1. The Bertz CT molecular complexity index is 1400. The van der Waals surface area contributed by atoms with Gasteiger partial charge in [-0.3, -0.25) is 14.4 Å². The summed E-state index contributed by atoms with van der Waals surface area (Å²) in [7, 11) is 0. The molecule has 0 bridgehead atoms. The van der Waals surface area contributed by atoms with Gasteiger partial charge in [-0.05, 0) is 116 Å². The maximum atomic E-state index is 12.9. The van der Waals surface area contributed by atoms with E-state index in [-0.39, 0.29) is 31.1 Å². The number of allylic oxidation sites excluding steroid dienone is 14. The quantitative estimate of drug-likeness (QED) is 0.0261. The highest BCUT2D eigenvalue weighted by Gasteiger charge is 2.19. The van der Waals surface area contributed by atoms with Crippen molar-refractivity contribution in [2.75, 3.05) is 13.2 Å². The van der Waals surface area contributed by atoms with Gasteiger partial charge >= 0.3 is 17.9 Å². The molecule has 1 atom stereocenters. The Kier molecular flexibility index (Phi) is 58.3. The predicted octanol–water partition coefficient (Wildman–Crippen LogP) is 21.1. The van der Waals surface area contributed by atoms with Gasteiger partial charge in [0, 0.05) is 19.3 Å². The second-order valence-corrected chi connectivity index (χ2v) is 20.6. The second kappa shape index (κ2) is 61.1. The summed E-state index contributed by atoms with van der Waals surface area (Å²) in [6, 6.07) is 0. The Hall–Kier alpha value is -3.41. The van der Waals surface area contributed by atoms with Gasteiger partial charge in [-0.15, -0.1) is 0 Å². The molecule has 6 heteroatoms. The minimum absolute atomic E-state index is 0.0860. The van der Waals surface area contributed by atoms with Crippen molar-refractivity contribution in [2.45, 2.75) is 309 Å². The van der Waals surface area contributed by atoms with Gasteiger partial charge in [0.25, 0.3) is 0 Å². The molecule has 0 aliphatic heterocycles. The minimum Gasteiger partial charge on any atom is -0.462 e. The smallest absolute Gasteiger partial charge is 0.306 e. The van der Waals surface area contributed by atoms with E-state index >= 15 is 0 Å². The van der Waals surface area contributed by atoms with Crippen LogP contribution in [0.25, 0.3) is 0 Å². The van der Waals surface area contributed by atoms with Gasteiger partial charge in [0.05, 0.1) is 0 Å². The molecule has 0 saturated carbocycles. The third kappa shape index (κ3) is 59.3. The summed E-state index contributed by atoms with van der Waals surface area (Å²) < 4.78 is 16.9. The first-order chi connectivity index (χ1) is 36.0. The molecule has 0 N–H and O–H groups in total.